The Bertz CT molecular complexity index is 996. The van der Waals surface area contributed by atoms with Crippen molar-refractivity contribution >= 4 is 0 Å². The summed E-state index contributed by atoms with van der Waals surface area (Å²) >= 11 is 0. The zero-order valence-corrected chi connectivity index (χ0v) is 26.8. The second kappa shape index (κ2) is 13.8. The summed E-state index contributed by atoms with van der Waals surface area (Å²) in [5.74, 6) is -1.87. The molecule has 0 aromatic rings. The third-order valence-electron chi connectivity index (χ3n) is 13.9. The number of hydrogen-bond acceptors (Lipinski definition) is 10. The van der Waals surface area contributed by atoms with Crippen molar-refractivity contribution in [2.75, 3.05) is 20.2 Å². The number of ether oxygens (including phenoxy) is 1. The molecule has 260 valence electrons. The summed E-state index contributed by atoms with van der Waals surface area (Å²) < 4.78 is 20.0. The number of nitrogens with one attached hydrogen (secondary N) is 1. The molecule has 6 saturated carbocycles. The first kappa shape index (κ1) is 34.4. The van der Waals surface area contributed by atoms with Crippen LogP contribution in [0.1, 0.15) is 77.0 Å². The monoisotopic (exact) mass is 642 g/mol. The van der Waals surface area contributed by atoms with Gasteiger partial charge in [0.05, 0.1) is 42.5 Å². The van der Waals surface area contributed by atoms with Crippen LogP contribution in [0.15, 0.2) is 0 Å². The van der Waals surface area contributed by atoms with E-state index in [0.717, 1.165) is 51.6 Å². The molecule has 6 aliphatic rings. The molecule has 6 aliphatic carbocycles. The summed E-state index contributed by atoms with van der Waals surface area (Å²) in [6, 6.07) is 0. The minimum absolute atomic E-state index is 0.0125. The number of aliphatic hydroxyl groups excluding tert-OH is 6. The highest BCUT2D eigenvalue weighted by molar-refractivity contribution is 5.16. The van der Waals surface area contributed by atoms with Gasteiger partial charge in [0, 0.05) is 18.9 Å². The van der Waals surface area contributed by atoms with Gasteiger partial charge in [-0.3, -0.25) is 0 Å². The zero-order chi connectivity index (χ0) is 32.2. The summed E-state index contributed by atoms with van der Waals surface area (Å²) in [5.41, 5.74) is 3.62. The number of rotatable bonds is 7. The molecule has 11 heteroatoms. The maximum atomic E-state index is 13.9. The van der Waals surface area contributed by atoms with Crippen molar-refractivity contribution in [3.63, 3.8) is 0 Å². The average molecular weight is 643 g/mol. The first-order chi connectivity index (χ1) is 21.4. The van der Waals surface area contributed by atoms with Gasteiger partial charge in [0.25, 0.3) is 0 Å². The van der Waals surface area contributed by atoms with Crippen LogP contribution in [-0.2, 0) is 4.74 Å². The maximum absolute atomic E-state index is 13.9. The van der Waals surface area contributed by atoms with Gasteiger partial charge in [-0.15, -0.1) is 0 Å². The van der Waals surface area contributed by atoms with Crippen molar-refractivity contribution < 1.29 is 44.9 Å². The lowest BCUT2D eigenvalue weighted by Crippen LogP contribution is -2.74. The van der Waals surface area contributed by atoms with Crippen LogP contribution in [0.3, 0.4) is 0 Å². The average Bonchev–Trinajstić information content (AvgIpc) is 2.99. The molecule has 0 saturated heterocycles. The molecule has 6 rings (SSSR count). The van der Waals surface area contributed by atoms with E-state index in [2.05, 4.69) is 5.32 Å². The molecule has 0 spiro atoms. The zero-order valence-electron chi connectivity index (χ0n) is 26.8. The fourth-order valence-corrected chi connectivity index (χ4v) is 11.7. The second-order valence-corrected chi connectivity index (χ2v) is 16.1. The first-order valence-electron chi connectivity index (χ1n) is 17.9. The lowest BCUT2D eigenvalue weighted by molar-refractivity contribution is -0.296. The summed E-state index contributed by atoms with van der Waals surface area (Å²) in [6.07, 6.45) is 0.673. The predicted octanol–water partition coefficient (Wildman–Crippen LogP) is 0.667. The Balaban J connectivity index is 1.18. The summed E-state index contributed by atoms with van der Waals surface area (Å²) in [5, 5.41) is 82.3. The van der Waals surface area contributed by atoms with Crippen molar-refractivity contribution in [1.29, 1.82) is 0 Å². The van der Waals surface area contributed by atoms with E-state index in [4.69, 9.17) is 10.5 Å². The smallest absolute Gasteiger partial charge is 0.120 e. The molecule has 0 aromatic carbocycles. The van der Waals surface area contributed by atoms with Crippen LogP contribution in [0.5, 0.6) is 0 Å². The number of aliphatic hydroxyl groups is 7. The number of nitrogens with two attached hydrogens (primary N) is 1. The number of fused-ring (bicyclic) bond motifs is 3. The highest BCUT2D eigenvalue weighted by Crippen LogP contribution is 2.59. The lowest BCUT2D eigenvalue weighted by Gasteiger charge is -2.63. The Morgan fingerprint density at radius 3 is 2.22 bits per heavy atom. The van der Waals surface area contributed by atoms with E-state index >= 15 is 0 Å². The minimum atomic E-state index is -2.04. The predicted molar refractivity (Wildman–Crippen MR) is 164 cm³/mol. The van der Waals surface area contributed by atoms with E-state index in [1.54, 1.807) is 7.11 Å². The quantitative estimate of drug-likeness (QED) is 0.179. The minimum Gasteiger partial charge on any atom is -0.393 e. The van der Waals surface area contributed by atoms with Crippen LogP contribution < -0.4 is 11.1 Å². The van der Waals surface area contributed by atoms with E-state index in [-0.39, 0.29) is 36.2 Å². The number of methoxy groups -OCH3 is 1. The van der Waals surface area contributed by atoms with Gasteiger partial charge in [-0.05, 0) is 125 Å². The molecule has 0 bridgehead atoms. The lowest BCUT2D eigenvalue weighted by atomic mass is 9.47. The standard InChI is InChI=1S/C34H59FN2O8/c1-45-26-8-5-17(15-37-14-16-3-2-4-20(35)9-16)10-22(26)21-6-7-24(38)28-23(21)12-18-11-19-13-25(39)29(33(36)43)32(42)34(19,44)31(41)27(18)30(28)40/h16-33,37-44H,2-15,36H2,1H3/t16?,17?,18-,19+,20?,21?,22?,23?,24?,25?,26?,27?,28?,29?,30?,31?,32?,33?,34+/m1/s1. The van der Waals surface area contributed by atoms with E-state index in [1.165, 1.54) is 0 Å². The molecule has 10 nitrogen and oxygen atoms in total. The van der Waals surface area contributed by atoms with Crippen LogP contribution in [0, 0.1) is 59.2 Å². The molecule has 0 radical (unpaired) electrons. The Morgan fingerprint density at radius 1 is 0.800 bits per heavy atom. The van der Waals surface area contributed by atoms with Gasteiger partial charge in [-0.25, -0.2) is 4.39 Å². The number of hydrogen-bond donors (Lipinski definition) is 9. The van der Waals surface area contributed by atoms with Gasteiger partial charge in [0.1, 0.15) is 18.0 Å². The number of halogens is 1. The third kappa shape index (κ3) is 6.26. The Morgan fingerprint density at radius 2 is 1.53 bits per heavy atom. The molecular weight excluding hydrogens is 583 g/mol. The molecule has 0 aliphatic heterocycles. The van der Waals surface area contributed by atoms with E-state index in [9.17, 15) is 40.1 Å². The Labute approximate surface area is 266 Å². The van der Waals surface area contributed by atoms with Crippen molar-refractivity contribution in [3.8, 4) is 0 Å². The normalized spacial score (nSPS) is 54.4. The van der Waals surface area contributed by atoms with Gasteiger partial charge in [0.2, 0.25) is 0 Å². The first-order valence-corrected chi connectivity index (χ1v) is 17.9. The molecule has 45 heavy (non-hydrogen) atoms. The van der Waals surface area contributed by atoms with Crippen molar-refractivity contribution in [3.05, 3.63) is 0 Å². The molecular formula is C34H59FN2O8. The van der Waals surface area contributed by atoms with Gasteiger partial charge in [-0.1, -0.05) is 6.42 Å². The number of alkyl halides is 1. The molecule has 6 fully saturated rings. The van der Waals surface area contributed by atoms with Crippen molar-refractivity contribution in [2.24, 2.45) is 64.9 Å². The van der Waals surface area contributed by atoms with E-state index in [0.29, 0.717) is 43.9 Å². The van der Waals surface area contributed by atoms with Gasteiger partial charge >= 0.3 is 0 Å². The van der Waals surface area contributed by atoms with Crippen LogP contribution in [0.4, 0.5) is 4.39 Å². The van der Waals surface area contributed by atoms with Gasteiger partial charge < -0.3 is 51.5 Å². The Hall–Kier alpha value is -0.470. The third-order valence-corrected chi connectivity index (χ3v) is 13.9. The van der Waals surface area contributed by atoms with Crippen LogP contribution >= 0.6 is 0 Å². The maximum Gasteiger partial charge on any atom is 0.120 e. The van der Waals surface area contributed by atoms with Crippen molar-refractivity contribution in [1.82, 2.24) is 5.32 Å². The van der Waals surface area contributed by atoms with Crippen LogP contribution in [0.25, 0.3) is 0 Å². The fraction of sp³-hybridized carbons (Fsp3) is 1.00. The molecule has 0 heterocycles. The molecule has 10 N–H and O–H groups in total. The summed E-state index contributed by atoms with van der Waals surface area (Å²) in [4.78, 5) is 0. The summed E-state index contributed by atoms with van der Waals surface area (Å²) in [7, 11) is 1.77. The summed E-state index contributed by atoms with van der Waals surface area (Å²) in [6.45, 7) is 1.75. The molecule has 0 aromatic heterocycles. The fourth-order valence-electron chi connectivity index (χ4n) is 11.7. The van der Waals surface area contributed by atoms with Gasteiger partial charge in [0.15, 0.2) is 0 Å². The van der Waals surface area contributed by atoms with E-state index < -0.39 is 72.2 Å². The van der Waals surface area contributed by atoms with Crippen LogP contribution in [-0.4, -0.2) is 111 Å². The SMILES string of the molecule is COC1CCC(CNCC2CCCC(F)C2)CC1C1CCC(O)C2C(O)C3C(O)[C@]4(O)C(O)C(C(N)O)C(O)C[C@@H]4C[C@@H]3CC12. The van der Waals surface area contributed by atoms with E-state index in [1.807, 2.05) is 0 Å². The molecule has 19 atom stereocenters. The topological polar surface area (TPSA) is 189 Å². The Kier molecular flexibility index (Phi) is 10.5. The highest BCUT2D eigenvalue weighted by Gasteiger charge is 2.67. The molecule has 0 amide bonds. The van der Waals surface area contributed by atoms with Crippen LogP contribution in [0.2, 0.25) is 0 Å². The molecule has 16 unspecified atom stereocenters. The largest absolute Gasteiger partial charge is 0.393 e. The van der Waals surface area contributed by atoms with Gasteiger partial charge in [-0.2, -0.15) is 0 Å². The van der Waals surface area contributed by atoms with Crippen molar-refractivity contribution in [2.45, 2.75) is 132 Å². The highest BCUT2D eigenvalue weighted by atomic mass is 19.1. The second-order valence-electron chi connectivity index (χ2n) is 16.1.